The Kier molecular flexibility index (Phi) is 5.05. The van der Waals surface area contributed by atoms with Gasteiger partial charge in [-0.15, -0.1) is 0 Å². The van der Waals surface area contributed by atoms with Crippen LogP contribution in [0.15, 0.2) is 0 Å². The zero-order valence-electron chi connectivity index (χ0n) is 9.74. The highest BCUT2D eigenvalue weighted by Gasteiger charge is 2.32. The van der Waals surface area contributed by atoms with E-state index in [2.05, 4.69) is 0 Å². The van der Waals surface area contributed by atoms with Gasteiger partial charge in [0.2, 0.25) is 5.91 Å². The third-order valence-electron chi connectivity index (χ3n) is 3.25. The first-order chi connectivity index (χ1) is 7.24. The molecule has 0 bridgehead atoms. The standard InChI is InChI=1S/C11H22N2O2/c1-3-13(11(14)8-15-2)10-6-4-5-9(10)7-12/h9-10H,3-8,12H2,1-2H3. The van der Waals surface area contributed by atoms with E-state index in [1.165, 1.54) is 6.42 Å². The lowest BCUT2D eigenvalue weighted by atomic mass is 10.0. The Morgan fingerprint density at radius 2 is 2.27 bits per heavy atom. The van der Waals surface area contributed by atoms with Gasteiger partial charge in [-0.2, -0.15) is 0 Å². The second kappa shape index (κ2) is 6.08. The molecular formula is C11H22N2O2. The Labute approximate surface area is 91.8 Å². The summed E-state index contributed by atoms with van der Waals surface area (Å²) in [5, 5.41) is 0. The number of nitrogens with zero attached hydrogens (tertiary/aromatic N) is 1. The summed E-state index contributed by atoms with van der Waals surface area (Å²) in [4.78, 5) is 13.7. The van der Waals surface area contributed by atoms with Crippen LogP contribution < -0.4 is 5.73 Å². The van der Waals surface area contributed by atoms with Crippen molar-refractivity contribution in [2.75, 3.05) is 26.8 Å². The lowest BCUT2D eigenvalue weighted by Gasteiger charge is -2.31. The minimum Gasteiger partial charge on any atom is -0.375 e. The van der Waals surface area contributed by atoms with Crippen LogP contribution in [0.25, 0.3) is 0 Å². The van der Waals surface area contributed by atoms with Crippen molar-refractivity contribution in [2.24, 2.45) is 11.7 Å². The Bertz CT molecular complexity index is 209. The van der Waals surface area contributed by atoms with E-state index in [9.17, 15) is 4.79 Å². The fourth-order valence-corrected chi connectivity index (χ4v) is 2.50. The molecule has 1 fully saturated rings. The van der Waals surface area contributed by atoms with Crippen molar-refractivity contribution in [1.82, 2.24) is 4.90 Å². The van der Waals surface area contributed by atoms with Crippen LogP contribution in [0.4, 0.5) is 0 Å². The van der Waals surface area contributed by atoms with Crippen LogP contribution >= 0.6 is 0 Å². The van der Waals surface area contributed by atoms with Crippen LogP contribution in [-0.4, -0.2) is 43.7 Å². The minimum absolute atomic E-state index is 0.0883. The average Bonchev–Trinajstić information content (AvgIpc) is 2.67. The van der Waals surface area contributed by atoms with E-state index in [1.807, 2.05) is 11.8 Å². The maximum absolute atomic E-state index is 11.8. The fourth-order valence-electron chi connectivity index (χ4n) is 2.50. The molecule has 0 aromatic rings. The van der Waals surface area contributed by atoms with E-state index in [1.54, 1.807) is 7.11 Å². The van der Waals surface area contributed by atoms with Crippen molar-refractivity contribution in [3.8, 4) is 0 Å². The molecule has 0 radical (unpaired) electrons. The molecule has 1 rings (SSSR count). The first-order valence-corrected chi connectivity index (χ1v) is 5.73. The molecule has 0 saturated heterocycles. The number of methoxy groups -OCH3 is 1. The smallest absolute Gasteiger partial charge is 0.248 e. The monoisotopic (exact) mass is 214 g/mol. The number of amides is 1. The predicted molar refractivity (Wildman–Crippen MR) is 59.4 cm³/mol. The zero-order valence-corrected chi connectivity index (χ0v) is 9.74. The number of carbonyl (C=O) groups is 1. The van der Waals surface area contributed by atoms with Gasteiger partial charge in [0.15, 0.2) is 0 Å². The molecule has 15 heavy (non-hydrogen) atoms. The van der Waals surface area contributed by atoms with Gasteiger partial charge in [0.25, 0.3) is 0 Å². The zero-order chi connectivity index (χ0) is 11.3. The normalized spacial score (nSPS) is 25.5. The van der Waals surface area contributed by atoms with Gasteiger partial charge in [-0.05, 0) is 32.2 Å². The van der Waals surface area contributed by atoms with E-state index in [4.69, 9.17) is 10.5 Å². The number of ether oxygens (including phenoxy) is 1. The topological polar surface area (TPSA) is 55.6 Å². The highest BCUT2D eigenvalue weighted by atomic mass is 16.5. The van der Waals surface area contributed by atoms with Crippen LogP contribution in [0.1, 0.15) is 26.2 Å². The highest BCUT2D eigenvalue weighted by Crippen LogP contribution is 2.29. The Balaban J connectivity index is 2.60. The molecule has 1 aliphatic rings. The molecule has 4 nitrogen and oxygen atoms in total. The number of carbonyl (C=O) groups excluding carboxylic acids is 1. The molecule has 2 atom stereocenters. The summed E-state index contributed by atoms with van der Waals surface area (Å²) >= 11 is 0. The first-order valence-electron chi connectivity index (χ1n) is 5.73. The van der Waals surface area contributed by atoms with Crippen molar-refractivity contribution < 1.29 is 9.53 Å². The molecule has 4 heteroatoms. The molecule has 0 aromatic heterocycles. The Hall–Kier alpha value is -0.610. The highest BCUT2D eigenvalue weighted by molar-refractivity contribution is 5.77. The van der Waals surface area contributed by atoms with Crippen LogP contribution in [0.3, 0.4) is 0 Å². The maximum atomic E-state index is 11.8. The number of likely N-dealkylation sites (N-methyl/N-ethyl adjacent to an activating group) is 1. The lowest BCUT2D eigenvalue weighted by molar-refractivity contribution is -0.138. The Morgan fingerprint density at radius 1 is 1.53 bits per heavy atom. The number of rotatable bonds is 5. The van der Waals surface area contributed by atoms with E-state index in [0.29, 0.717) is 18.5 Å². The summed E-state index contributed by atoms with van der Waals surface area (Å²) in [6, 6.07) is 0.336. The van der Waals surface area contributed by atoms with Gasteiger partial charge in [-0.3, -0.25) is 4.79 Å². The molecule has 1 amide bonds. The van der Waals surface area contributed by atoms with Gasteiger partial charge in [-0.1, -0.05) is 6.42 Å². The van der Waals surface area contributed by atoms with Gasteiger partial charge >= 0.3 is 0 Å². The van der Waals surface area contributed by atoms with E-state index >= 15 is 0 Å². The van der Waals surface area contributed by atoms with Crippen molar-refractivity contribution in [3.05, 3.63) is 0 Å². The number of hydrogen-bond acceptors (Lipinski definition) is 3. The second-order valence-electron chi connectivity index (χ2n) is 4.11. The molecule has 1 aliphatic carbocycles. The van der Waals surface area contributed by atoms with Gasteiger partial charge in [0, 0.05) is 19.7 Å². The molecular weight excluding hydrogens is 192 g/mol. The second-order valence-corrected chi connectivity index (χ2v) is 4.11. The molecule has 0 heterocycles. The first kappa shape index (κ1) is 12.5. The van der Waals surface area contributed by atoms with Crippen LogP contribution in [-0.2, 0) is 9.53 Å². The summed E-state index contributed by atoms with van der Waals surface area (Å²) in [5.41, 5.74) is 5.72. The van der Waals surface area contributed by atoms with Gasteiger partial charge in [0.1, 0.15) is 6.61 Å². The molecule has 1 saturated carbocycles. The Morgan fingerprint density at radius 3 is 2.80 bits per heavy atom. The third kappa shape index (κ3) is 2.92. The van der Waals surface area contributed by atoms with Gasteiger partial charge in [0.05, 0.1) is 0 Å². The van der Waals surface area contributed by atoms with Crippen molar-refractivity contribution >= 4 is 5.91 Å². The van der Waals surface area contributed by atoms with Crippen molar-refractivity contribution in [1.29, 1.82) is 0 Å². The summed E-state index contributed by atoms with van der Waals surface area (Å²) in [7, 11) is 1.56. The van der Waals surface area contributed by atoms with Gasteiger partial charge < -0.3 is 15.4 Å². The molecule has 2 N–H and O–H groups in total. The van der Waals surface area contributed by atoms with E-state index in [-0.39, 0.29) is 12.5 Å². The predicted octanol–water partition coefficient (Wildman–Crippen LogP) is 0.609. The van der Waals surface area contributed by atoms with Crippen LogP contribution in [0, 0.1) is 5.92 Å². The fraction of sp³-hybridized carbons (Fsp3) is 0.909. The average molecular weight is 214 g/mol. The van der Waals surface area contributed by atoms with E-state index in [0.717, 1.165) is 19.4 Å². The molecule has 88 valence electrons. The van der Waals surface area contributed by atoms with E-state index < -0.39 is 0 Å². The van der Waals surface area contributed by atoms with Crippen LogP contribution in [0.2, 0.25) is 0 Å². The lowest BCUT2D eigenvalue weighted by Crippen LogP contribution is -2.45. The molecule has 0 spiro atoms. The third-order valence-corrected chi connectivity index (χ3v) is 3.25. The SMILES string of the molecule is CCN(C(=O)COC)C1CCCC1CN. The molecule has 0 aliphatic heterocycles. The quantitative estimate of drug-likeness (QED) is 0.729. The summed E-state index contributed by atoms with van der Waals surface area (Å²) < 4.78 is 4.89. The van der Waals surface area contributed by atoms with Gasteiger partial charge in [-0.25, -0.2) is 0 Å². The largest absolute Gasteiger partial charge is 0.375 e. The van der Waals surface area contributed by atoms with Crippen molar-refractivity contribution in [3.63, 3.8) is 0 Å². The summed E-state index contributed by atoms with van der Waals surface area (Å²) in [6.07, 6.45) is 3.42. The number of nitrogens with two attached hydrogens (primary N) is 1. The minimum atomic E-state index is 0.0883. The van der Waals surface area contributed by atoms with Crippen LogP contribution in [0.5, 0.6) is 0 Å². The molecule has 0 aromatic carbocycles. The summed E-state index contributed by atoms with van der Waals surface area (Å²) in [5.74, 6) is 0.566. The summed E-state index contributed by atoms with van der Waals surface area (Å²) in [6.45, 7) is 3.63. The number of hydrogen-bond donors (Lipinski definition) is 1. The van der Waals surface area contributed by atoms with Crippen molar-refractivity contribution in [2.45, 2.75) is 32.2 Å². The maximum Gasteiger partial charge on any atom is 0.248 e. The molecule has 2 unspecified atom stereocenters.